The predicted octanol–water partition coefficient (Wildman–Crippen LogP) is 3.38. The molecule has 2 amide bonds. The van der Waals surface area contributed by atoms with Gasteiger partial charge in [-0.05, 0) is 36.1 Å². The van der Waals surface area contributed by atoms with E-state index in [2.05, 4.69) is 5.32 Å². The molecule has 0 bridgehead atoms. The molecule has 0 fully saturated rings. The maximum atomic E-state index is 12.3. The zero-order chi connectivity index (χ0) is 15.5. The van der Waals surface area contributed by atoms with E-state index >= 15 is 0 Å². The van der Waals surface area contributed by atoms with Crippen LogP contribution in [0.5, 0.6) is 11.5 Å². The quantitative estimate of drug-likeness (QED) is 0.940. The number of carbonyl (C=O) groups is 1. The minimum atomic E-state index is -0.0985. The largest absolute Gasteiger partial charge is 0.454 e. The highest BCUT2D eigenvalue weighted by Gasteiger charge is 2.17. The molecule has 1 unspecified atom stereocenters. The molecule has 1 N–H and O–H groups in total. The van der Waals surface area contributed by atoms with Crippen LogP contribution in [0.25, 0.3) is 0 Å². The average molecular weight is 318 g/mol. The van der Waals surface area contributed by atoms with E-state index in [4.69, 9.17) is 9.47 Å². The molecule has 0 aliphatic carbocycles. The molecule has 1 aliphatic rings. The van der Waals surface area contributed by atoms with Gasteiger partial charge in [0.2, 0.25) is 6.79 Å². The van der Waals surface area contributed by atoms with Crippen LogP contribution in [0.15, 0.2) is 35.7 Å². The van der Waals surface area contributed by atoms with Gasteiger partial charge in [-0.15, -0.1) is 11.3 Å². The Labute approximate surface area is 133 Å². The molecule has 0 saturated carbocycles. The van der Waals surface area contributed by atoms with Crippen molar-refractivity contribution in [3.05, 3.63) is 46.2 Å². The number of rotatable bonds is 4. The molecule has 2 heterocycles. The Morgan fingerprint density at radius 1 is 1.36 bits per heavy atom. The predicted molar refractivity (Wildman–Crippen MR) is 85.3 cm³/mol. The summed E-state index contributed by atoms with van der Waals surface area (Å²) in [7, 11) is 1.78. The van der Waals surface area contributed by atoms with Crippen LogP contribution >= 0.6 is 11.3 Å². The molecule has 116 valence electrons. The topological polar surface area (TPSA) is 50.8 Å². The molecule has 1 atom stereocenters. The van der Waals surface area contributed by atoms with Gasteiger partial charge in [0, 0.05) is 18.5 Å². The normalized spacial score (nSPS) is 13.7. The first kappa shape index (κ1) is 14.7. The Hall–Kier alpha value is -2.21. The zero-order valence-corrected chi connectivity index (χ0v) is 13.4. The number of urea groups is 1. The summed E-state index contributed by atoms with van der Waals surface area (Å²) in [5.74, 6) is 1.49. The van der Waals surface area contributed by atoms with Crippen molar-refractivity contribution < 1.29 is 14.3 Å². The van der Waals surface area contributed by atoms with E-state index in [-0.39, 0.29) is 18.9 Å². The zero-order valence-electron chi connectivity index (χ0n) is 12.5. The van der Waals surface area contributed by atoms with Crippen LogP contribution in [0, 0.1) is 0 Å². The minimum absolute atomic E-state index is 0.00621. The van der Waals surface area contributed by atoms with Crippen LogP contribution in [0.4, 0.5) is 4.79 Å². The van der Waals surface area contributed by atoms with Gasteiger partial charge in [0.05, 0.1) is 6.04 Å². The highest BCUT2D eigenvalue weighted by Crippen LogP contribution is 2.32. The molecule has 2 aromatic rings. The first-order chi connectivity index (χ1) is 10.6. The first-order valence-corrected chi connectivity index (χ1v) is 7.95. The van der Waals surface area contributed by atoms with Crippen molar-refractivity contribution in [2.24, 2.45) is 0 Å². The van der Waals surface area contributed by atoms with Crippen LogP contribution in [-0.2, 0) is 6.54 Å². The van der Waals surface area contributed by atoms with Crippen molar-refractivity contribution in [2.45, 2.75) is 19.5 Å². The second-order valence-corrected chi connectivity index (χ2v) is 6.21. The third-order valence-electron chi connectivity index (χ3n) is 3.51. The van der Waals surface area contributed by atoms with Crippen molar-refractivity contribution in [3.8, 4) is 11.5 Å². The number of carbonyl (C=O) groups excluding carboxylic acids is 1. The smallest absolute Gasteiger partial charge is 0.317 e. The third kappa shape index (κ3) is 3.17. The number of ether oxygens (including phenoxy) is 2. The van der Waals surface area contributed by atoms with Crippen LogP contribution in [0.2, 0.25) is 0 Å². The van der Waals surface area contributed by atoms with Gasteiger partial charge in [-0.1, -0.05) is 12.1 Å². The molecular weight excluding hydrogens is 300 g/mol. The molecule has 22 heavy (non-hydrogen) atoms. The summed E-state index contributed by atoms with van der Waals surface area (Å²) in [5.41, 5.74) is 1.01. The Morgan fingerprint density at radius 2 is 2.18 bits per heavy atom. The fraction of sp³-hybridized carbons (Fsp3) is 0.312. The van der Waals surface area contributed by atoms with Gasteiger partial charge >= 0.3 is 6.03 Å². The minimum Gasteiger partial charge on any atom is -0.454 e. The highest BCUT2D eigenvalue weighted by molar-refractivity contribution is 7.10. The van der Waals surface area contributed by atoms with Crippen LogP contribution in [-0.4, -0.2) is 24.8 Å². The van der Waals surface area contributed by atoms with Gasteiger partial charge in [0.15, 0.2) is 11.5 Å². The summed E-state index contributed by atoms with van der Waals surface area (Å²) in [6, 6.07) is 9.64. The monoisotopic (exact) mass is 318 g/mol. The summed E-state index contributed by atoms with van der Waals surface area (Å²) in [6.07, 6.45) is 0. The summed E-state index contributed by atoms with van der Waals surface area (Å²) in [6.45, 7) is 2.76. The maximum Gasteiger partial charge on any atom is 0.317 e. The lowest BCUT2D eigenvalue weighted by Crippen LogP contribution is -2.37. The van der Waals surface area contributed by atoms with Gasteiger partial charge in [0.25, 0.3) is 0 Å². The highest BCUT2D eigenvalue weighted by atomic mass is 32.1. The van der Waals surface area contributed by atoms with Crippen LogP contribution < -0.4 is 14.8 Å². The number of nitrogens with zero attached hydrogens (tertiary/aromatic N) is 1. The number of nitrogens with one attached hydrogen (secondary N) is 1. The number of benzene rings is 1. The Morgan fingerprint density at radius 3 is 2.95 bits per heavy atom. The number of fused-ring (bicyclic) bond motifs is 1. The first-order valence-electron chi connectivity index (χ1n) is 7.07. The summed E-state index contributed by atoms with van der Waals surface area (Å²) >= 11 is 1.64. The van der Waals surface area contributed by atoms with E-state index in [0.717, 1.165) is 21.9 Å². The van der Waals surface area contributed by atoms with Gasteiger partial charge in [0.1, 0.15) is 0 Å². The molecule has 1 aromatic heterocycles. The lowest BCUT2D eigenvalue weighted by atomic mass is 10.2. The van der Waals surface area contributed by atoms with E-state index in [1.807, 2.05) is 42.6 Å². The van der Waals surface area contributed by atoms with E-state index < -0.39 is 0 Å². The van der Waals surface area contributed by atoms with E-state index in [1.165, 1.54) is 0 Å². The Bertz CT molecular complexity index is 657. The van der Waals surface area contributed by atoms with E-state index in [0.29, 0.717) is 6.54 Å². The third-order valence-corrected chi connectivity index (χ3v) is 4.57. The van der Waals surface area contributed by atoms with Gasteiger partial charge in [-0.3, -0.25) is 0 Å². The molecule has 1 aliphatic heterocycles. The van der Waals surface area contributed by atoms with Crippen molar-refractivity contribution in [1.29, 1.82) is 0 Å². The molecule has 0 spiro atoms. The molecule has 3 rings (SSSR count). The van der Waals surface area contributed by atoms with Crippen molar-refractivity contribution >= 4 is 17.4 Å². The fourth-order valence-electron chi connectivity index (χ4n) is 2.29. The lowest BCUT2D eigenvalue weighted by Gasteiger charge is -2.21. The number of hydrogen-bond acceptors (Lipinski definition) is 4. The Kier molecular flexibility index (Phi) is 4.20. The number of thiophene rings is 1. The molecule has 0 saturated heterocycles. The van der Waals surface area contributed by atoms with Gasteiger partial charge < -0.3 is 19.7 Å². The molecule has 6 heteroatoms. The summed E-state index contributed by atoms with van der Waals surface area (Å²) < 4.78 is 10.6. The molecule has 0 radical (unpaired) electrons. The fourth-order valence-corrected chi connectivity index (χ4v) is 3.02. The number of hydrogen-bond donors (Lipinski definition) is 1. The van der Waals surface area contributed by atoms with Crippen molar-refractivity contribution in [2.75, 3.05) is 13.8 Å². The van der Waals surface area contributed by atoms with Crippen LogP contribution in [0.1, 0.15) is 23.4 Å². The summed E-state index contributed by atoms with van der Waals surface area (Å²) in [4.78, 5) is 15.0. The SMILES string of the molecule is CC(NC(=O)N(C)Cc1ccc2c(c1)OCO2)c1cccs1. The summed E-state index contributed by atoms with van der Waals surface area (Å²) in [5, 5.41) is 5.00. The van der Waals surface area contributed by atoms with E-state index in [1.54, 1.807) is 23.3 Å². The average Bonchev–Trinajstić information content (AvgIpc) is 3.18. The standard InChI is InChI=1S/C16H18N2O3S/c1-11(15-4-3-7-22-15)17-16(19)18(2)9-12-5-6-13-14(8-12)21-10-20-13/h3-8,11H,9-10H2,1-2H3,(H,17,19). The van der Waals surface area contributed by atoms with Crippen molar-refractivity contribution in [1.82, 2.24) is 10.2 Å². The van der Waals surface area contributed by atoms with E-state index in [9.17, 15) is 4.79 Å². The second kappa shape index (κ2) is 6.27. The van der Waals surface area contributed by atoms with Gasteiger partial charge in [-0.25, -0.2) is 4.79 Å². The maximum absolute atomic E-state index is 12.3. The van der Waals surface area contributed by atoms with Crippen molar-refractivity contribution in [3.63, 3.8) is 0 Å². The van der Waals surface area contributed by atoms with Crippen LogP contribution in [0.3, 0.4) is 0 Å². The Balaban J connectivity index is 1.59. The lowest BCUT2D eigenvalue weighted by molar-refractivity contribution is 0.174. The van der Waals surface area contributed by atoms with Gasteiger partial charge in [-0.2, -0.15) is 0 Å². The molecular formula is C16H18N2O3S. The molecule has 1 aromatic carbocycles. The molecule has 5 nitrogen and oxygen atoms in total. The second-order valence-electron chi connectivity index (χ2n) is 5.23. The number of amides is 2.